The van der Waals surface area contributed by atoms with E-state index in [2.05, 4.69) is 5.32 Å². The Morgan fingerprint density at radius 1 is 1.17 bits per heavy atom. The first-order chi connectivity index (χ1) is 13.7. The molecule has 1 saturated heterocycles. The van der Waals surface area contributed by atoms with Crippen molar-refractivity contribution in [3.05, 3.63) is 41.6 Å². The van der Waals surface area contributed by atoms with Crippen molar-refractivity contribution >= 4 is 23.5 Å². The van der Waals surface area contributed by atoms with Gasteiger partial charge in [-0.1, -0.05) is 18.2 Å². The number of ether oxygens (including phenoxy) is 1. The molecule has 4 rings (SSSR count). The van der Waals surface area contributed by atoms with Gasteiger partial charge >= 0.3 is 6.09 Å². The van der Waals surface area contributed by atoms with E-state index < -0.39 is 5.60 Å². The largest absolute Gasteiger partial charge is 0.444 e. The number of anilines is 3. The zero-order valence-corrected chi connectivity index (χ0v) is 17.8. The number of rotatable bonds is 3. The lowest BCUT2D eigenvalue weighted by Crippen LogP contribution is -2.45. The Hall–Kier alpha value is -2.83. The molecule has 2 aromatic rings. The summed E-state index contributed by atoms with van der Waals surface area (Å²) in [5, 5.41) is 3.46. The van der Waals surface area contributed by atoms with Gasteiger partial charge in [0.25, 0.3) is 0 Å². The predicted molar refractivity (Wildman–Crippen MR) is 114 cm³/mol. The number of para-hydroxylation sites is 1. The summed E-state index contributed by atoms with van der Waals surface area (Å²) in [6.07, 6.45) is 2.31. The van der Waals surface area contributed by atoms with Gasteiger partial charge in [0.2, 0.25) is 5.95 Å². The van der Waals surface area contributed by atoms with E-state index in [0.29, 0.717) is 5.95 Å². The molecule has 1 amide bonds. The molecule has 154 valence electrons. The van der Waals surface area contributed by atoms with Gasteiger partial charge in [-0.05, 0) is 45.7 Å². The highest BCUT2D eigenvalue weighted by molar-refractivity contribution is 5.72. The Morgan fingerprint density at radius 2 is 1.90 bits per heavy atom. The van der Waals surface area contributed by atoms with Gasteiger partial charge < -0.3 is 15.0 Å². The van der Waals surface area contributed by atoms with Crippen LogP contribution in [-0.4, -0.2) is 46.7 Å². The standard InChI is InChI=1S/C22H29N5O2/c1-22(2,3)29-21(28)27-15-11-12-17(27)18-16(13-15)24-20(26(4)5)25-19(18)23-14-9-7-6-8-10-14/h6-10,15,17H,11-13H2,1-5H3,(H,23,24,25). The van der Waals surface area contributed by atoms with E-state index in [1.165, 1.54) is 0 Å². The predicted octanol–water partition coefficient (Wildman–Crippen LogP) is 4.28. The van der Waals surface area contributed by atoms with Crippen molar-refractivity contribution in [2.75, 3.05) is 24.3 Å². The summed E-state index contributed by atoms with van der Waals surface area (Å²) in [5.74, 6) is 1.44. The van der Waals surface area contributed by atoms with E-state index in [1.54, 1.807) is 0 Å². The molecule has 2 aliphatic heterocycles. The number of hydrogen-bond acceptors (Lipinski definition) is 6. The molecule has 1 aromatic carbocycles. The number of carbonyl (C=O) groups excluding carboxylic acids is 1. The number of fused-ring (bicyclic) bond motifs is 4. The first-order valence-electron chi connectivity index (χ1n) is 10.1. The molecular weight excluding hydrogens is 366 g/mol. The second-order valence-corrected chi connectivity index (χ2v) is 8.96. The molecule has 1 aromatic heterocycles. The molecule has 2 atom stereocenters. The van der Waals surface area contributed by atoms with Crippen LogP contribution in [0.4, 0.5) is 22.2 Å². The van der Waals surface area contributed by atoms with Crippen molar-refractivity contribution in [1.29, 1.82) is 0 Å². The molecule has 0 saturated carbocycles. The van der Waals surface area contributed by atoms with Gasteiger partial charge in [0.05, 0.1) is 11.7 Å². The fourth-order valence-corrected chi connectivity index (χ4v) is 4.14. The lowest BCUT2D eigenvalue weighted by atomic mass is 9.98. The Labute approximate surface area is 172 Å². The van der Waals surface area contributed by atoms with E-state index >= 15 is 0 Å². The minimum absolute atomic E-state index is 0.0685. The molecule has 7 nitrogen and oxygen atoms in total. The monoisotopic (exact) mass is 395 g/mol. The van der Waals surface area contributed by atoms with Crippen LogP contribution >= 0.6 is 0 Å². The Morgan fingerprint density at radius 3 is 2.55 bits per heavy atom. The van der Waals surface area contributed by atoms with Crippen LogP contribution in [0.2, 0.25) is 0 Å². The van der Waals surface area contributed by atoms with Crippen molar-refractivity contribution < 1.29 is 9.53 Å². The third kappa shape index (κ3) is 3.86. The molecule has 2 bridgehead atoms. The normalized spacial score (nSPS) is 20.2. The number of carbonyl (C=O) groups is 1. The third-order valence-electron chi connectivity index (χ3n) is 5.32. The highest BCUT2D eigenvalue weighted by Crippen LogP contribution is 2.47. The SMILES string of the molecule is CN(C)c1nc2c(c(Nc3ccccc3)n1)C1CCC(C2)N1C(=O)OC(C)(C)C. The number of nitrogens with one attached hydrogen (secondary N) is 1. The van der Waals surface area contributed by atoms with Gasteiger partial charge in [0.1, 0.15) is 11.4 Å². The van der Waals surface area contributed by atoms with Crippen LogP contribution in [0.5, 0.6) is 0 Å². The summed E-state index contributed by atoms with van der Waals surface area (Å²) < 4.78 is 5.71. The van der Waals surface area contributed by atoms with E-state index in [4.69, 9.17) is 14.7 Å². The van der Waals surface area contributed by atoms with Gasteiger partial charge in [-0.3, -0.25) is 4.90 Å². The van der Waals surface area contributed by atoms with Gasteiger partial charge in [0.15, 0.2) is 0 Å². The smallest absolute Gasteiger partial charge is 0.411 e. The van der Waals surface area contributed by atoms with E-state index in [-0.39, 0.29) is 18.2 Å². The summed E-state index contributed by atoms with van der Waals surface area (Å²) in [6, 6.07) is 10.0. The average Bonchev–Trinajstić information content (AvgIpc) is 2.95. The first kappa shape index (κ1) is 19.5. The van der Waals surface area contributed by atoms with Crippen LogP contribution in [0.15, 0.2) is 30.3 Å². The fraction of sp³-hybridized carbons (Fsp3) is 0.500. The molecule has 0 spiro atoms. The number of aromatic nitrogens is 2. The first-order valence-corrected chi connectivity index (χ1v) is 10.1. The average molecular weight is 396 g/mol. The van der Waals surface area contributed by atoms with Gasteiger partial charge in [0, 0.05) is 37.8 Å². The van der Waals surface area contributed by atoms with Crippen molar-refractivity contribution in [1.82, 2.24) is 14.9 Å². The fourth-order valence-electron chi connectivity index (χ4n) is 4.14. The summed E-state index contributed by atoms with van der Waals surface area (Å²) in [5.41, 5.74) is 2.48. The van der Waals surface area contributed by atoms with E-state index in [0.717, 1.165) is 42.0 Å². The van der Waals surface area contributed by atoms with Crippen LogP contribution in [0.25, 0.3) is 0 Å². The number of benzene rings is 1. The van der Waals surface area contributed by atoms with Crippen molar-refractivity contribution in [2.45, 2.75) is 57.7 Å². The Balaban J connectivity index is 1.75. The van der Waals surface area contributed by atoms with Gasteiger partial charge in [-0.15, -0.1) is 0 Å². The van der Waals surface area contributed by atoms with Crippen LogP contribution in [0.3, 0.4) is 0 Å². The van der Waals surface area contributed by atoms with Gasteiger partial charge in [-0.2, -0.15) is 4.98 Å². The third-order valence-corrected chi connectivity index (χ3v) is 5.32. The van der Waals surface area contributed by atoms with Crippen molar-refractivity contribution in [3.63, 3.8) is 0 Å². The number of amides is 1. The maximum atomic E-state index is 13.0. The molecule has 2 unspecified atom stereocenters. The highest BCUT2D eigenvalue weighted by Gasteiger charge is 2.46. The quantitative estimate of drug-likeness (QED) is 0.836. The molecule has 1 fully saturated rings. The van der Waals surface area contributed by atoms with Crippen LogP contribution in [0, 0.1) is 0 Å². The molecule has 29 heavy (non-hydrogen) atoms. The molecular formula is C22H29N5O2. The van der Waals surface area contributed by atoms with Gasteiger partial charge in [-0.25, -0.2) is 9.78 Å². The summed E-state index contributed by atoms with van der Waals surface area (Å²) in [4.78, 5) is 26.4. The van der Waals surface area contributed by atoms with E-state index in [1.807, 2.05) is 75.0 Å². The lowest BCUT2D eigenvalue weighted by molar-refractivity contribution is 0.0123. The Bertz CT molecular complexity index is 907. The maximum absolute atomic E-state index is 13.0. The minimum atomic E-state index is -0.521. The van der Waals surface area contributed by atoms with Crippen molar-refractivity contribution in [2.24, 2.45) is 0 Å². The maximum Gasteiger partial charge on any atom is 0.411 e. The zero-order valence-electron chi connectivity index (χ0n) is 17.8. The molecule has 0 radical (unpaired) electrons. The van der Waals surface area contributed by atoms with Crippen LogP contribution in [-0.2, 0) is 11.2 Å². The zero-order chi connectivity index (χ0) is 20.8. The number of nitrogens with zero attached hydrogens (tertiary/aromatic N) is 4. The highest BCUT2D eigenvalue weighted by atomic mass is 16.6. The van der Waals surface area contributed by atoms with E-state index in [9.17, 15) is 4.79 Å². The molecule has 2 aliphatic rings. The number of hydrogen-bond donors (Lipinski definition) is 1. The summed E-state index contributed by atoms with van der Waals surface area (Å²) >= 11 is 0. The summed E-state index contributed by atoms with van der Waals surface area (Å²) in [6.45, 7) is 5.71. The second-order valence-electron chi connectivity index (χ2n) is 8.96. The molecule has 0 aliphatic carbocycles. The summed E-state index contributed by atoms with van der Waals surface area (Å²) in [7, 11) is 3.89. The lowest BCUT2D eigenvalue weighted by Gasteiger charge is -2.37. The molecule has 7 heteroatoms. The topological polar surface area (TPSA) is 70.6 Å². The van der Waals surface area contributed by atoms with Crippen molar-refractivity contribution in [3.8, 4) is 0 Å². The molecule has 3 heterocycles. The molecule has 1 N–H and O–H groups in total. The minimum Gasteiger partial charge on any atom is -0.444 e. The second kappa shape index (κ2) is 7.21. The Kier molecular flexibility index (Phi) is 4.84. The van der Waals surface area contributed by atoms with Crippen LogP contribution < -0.4 is 10.2 Å². The van der Waals surface area contributed by atoms with Crippen LogP contribution in [0.1, 0.15) is 50.9 Å².